The molecule has 2 aromatic carbocycles. The minimum absolute atomic E-state index is 0.0925. The molecule has 1 aliphatic heterocycles. The molecule has 0 spiro atoms. The van der Waals surface area contributed by atoms with Gasteiger partial charge in [0, 0.05) is 11.0 Å². The Labute approximate surface area is 131 Å². The van der Waals surface area contributed by atoms with E-state index in [0.717, 1.165) is 16.9 Å². The van der Waals surface area contributed by atoms with Gasteiger partial charge in [0.05, 0.1) is 13.2 Å². The molecule has 1 saturated heterocycles. The first kappa shape index (κ1) is 15.1. The maximum Gasteiger partial charge on any atom is 0.183 e. The molecule has 2 aromatic rings. The van der Waals surface area contributed by atoms with Crippen molar-refractivity contribution in [3.63, 3.8) is 0 Å². The van der Waals surface area contributed by atoms with E-state index in [2.05, 4.69) is 26.0 Å². The largest absolute Gasteiger partial charge is 0.489 e. The standard InChI is InChI=1S/C19H22O3/c1-19(2)13-21-18(22-14-19)16-8-10-17(11-9-16)20-12-15-6-4-3-5-7-15/h3-11,18H,12-14H2,1-2H3. The van der Waals surface area contributed by atoms with Crippen LogP contribution < -0.4 is 4.74 Å². The lowest BCUT2D eigenvalue weighted by Crippen LogP contribution is -2.33. The summed E-state index contributed by atoms with van der Waals surface area (Å²) in [6, 6.07) is 18.1. The second-order valence-electron chi connectivity index (χ2n) is 6.46. The van der Waals surface area contributed by atoms with Gasteiger partial charge < -0.3 is 14.2 Å². The number of hydrogen-bond acceptors (Lipinski definition) is 3. The summed E-state index contributed by atoms with van der Waals surface area (Å²) in [7, 11) is 0. The van der Waals surface area contributed by atoms with E-state index in [4.69, 9.17) is 14.2 Å². The smallest absolute Gasteiger partial charge is 0.183 e. The number of hydrogen-bond donors (Lipinski definition) is 0. The Morgan fingerprint density at radius 2 is 1.59 bits per heavy atom. The SMILES string of the molecule is CC1(C)COC(c2ccc(OCc3ccccc3)cc2)OC1. The molecule has 0 amide bonds. The van der Waals surface area contributed by atoms with Crippen molar-refractivity contribution in [2.24, 2.45) is 5.41 Å². The van der Waals surface area contributed by atoms with Crippen LogP contribution >= 0.6 is 0 Å². The van der Waals surface area contributed by atoms with Gasteiger partial charge in [-0.15, -0.1) is 0 Å². The average Bonchev–Trinajstić information content (AvgIpc) is 2.55. The first-order valence-electron chi connectivity index (χ1n) is 7.62. The molecular weight excluding hydrogens is 276 g/mol. The van der Waals surface area contributed by atoms with Gasteiger partial charge in [-0.2, -0.15) is 0 Å². The summed E-state index contributed by atoms with van der Waals surface area (Å²) in [5.74, 6) is 0.851. The van der Waals surface area contributed by atoms with Crippen LogP contribution in [0.4, 0.5) is 0 Å². The summed E-state index contributed by atoms with van der Waals surface area (Å²) in [5, 5.41) is 0. The van der Waals surface area contributed by atoms with Crippen LogP contribution in [0.15, 0.2) is 54.6 Å². The van der Waals surface area contributed by atoms with Gasteiger partial charge in [-0.05, 0) is 17.7 Å². The fourth-order valence-corrected chi connectivity index (χ4v) is 2.35. The monoisotopic (exact) mass is 298 g/mol. The molecule has 3 nitrogen and oxygen atoms in total. The van der Waals surface area contributed by atoms with Crippen molar-refractivity contribution >= 4 is 0 Å². The zero-order valence-electron chi connectivity index (χ0n) is 13.1. The molecular formula is C19H22O3. The van der Waals surface area contributed by atoms with Gasteiger partial charge in [0.2, 0.25) is 0 Å². The Hall–Kier alpha value is -1.84. The van der Waals surface area contributed by atoms with E-state index in [1.807, 2.05) is 42.5 Å². The molecule has 3 rings (SSSR count). The van der Waals surface area contributed by atoms with E-state index in [0.29, 0.717) is 19.8 Å². The van der Waals surface area contributed by atoms with Crippen LogP contribution in [0.3, 0.4) is 0 Å². The van der Waals surface area contributed by atoms with E-state index in [1.165, 1.54) is 0 Å². The van der Waals surface area contributed by atoms with Crippen molar-refractivity contribution in [3.05, 3.63) is 65.7 Å². The summed E-state index contributed by atoms with van der Waals surface area (Å²) < 4.78 is 17.4. The maximum absolute atomic E-state index is 5.79. The highest BCUT2D eigenvalue weighted by molar-refractivity contribution is 5.28. The van der Waals surface area contributed by atoms with Gasteiger partial charge >= 0.3 is 0 Å². The number of benzene rings is 2. The lowest BCUT2D eigenvalue weighted by Gasteiger charge is -2.34. The summed E-state index contributed by atoms with van der Waals surface area (Å²) in [4.78, 5) is 0. The third kappa shape index (κ3) is 3.87. The molecule has 0 saturated carbocycles. The van der Waals surface area contributed by atoms with Crippen LogP contribution in [0.1, 0.15) is 31.3 Å². The molecule has 0 unspecified atom stereocenters. The van der Waals surface area contributed by atoms with Crippen LogP contribution in [-0.2, 0) is 16.1 Å². The minimum atomic E-state index is -0.267. The van der Waals surface area contributed by atoms with Crippen molar-refractivity contribution in [1.82, 2.24) is 0 Å². The Morgan fingerprint density at radius 3 is 2.23 bits per heavy atom. The Balaban J connectivity index is 1.56. The molecule has 22 heavy (non-hydrogen) atoms. The van der Waals surface area contributed by atoms with Gasteiger partial charge in [-0.3, -0.25) is 0 Å². The van der Waals surface area contributed by atoms with Gasteiger partial charge in [-0.1, -0.05) is 56.3 Å². The molecule has 1 aliphatic rings. The second kappa shape index (κ2) is 6.51. The summed E-state index contributed by atoms with van der Waals surface area (Å²) >= 11 is 0. The topological polar surface area (TPSA) is 27.7 Å². The van der Waals surface area contributed by atoms with Gasteiger partial charge in [0.15, 0.2) is 6.29 Å². The van der Waals surface area contributed by atoms with Crippen molar-refractivity contribution in [2.75, 3.05) is 13.2 Å². The van der Waals surface area contributed by atoms with Gasteiger partial charge in [-0.25, -0.2) is 0 Å². The summed E-state index contributed by atoms with van der Waals surface area (Å²) in [6.07, 6.45) is -0.267. The predicted octanol–water partition coefficient (Wildman–Crippen LogP) is 4.34. The van der Waals surface area contributed by atoms with Crippen molar-refractivity contribution in [3.8, 4) is 5.75 Å². The lowest BCUT2D eigenvalue weighted by molar-refractivity contribution is -0.226. The van der Waals surface area contributed by atoms with E-state index < -0.39 is 0 Å². The van der Waals surface area contributed by atoms with Gasteiger partial charge in [0.1, 0.15) is 12.4 Å². The predicted molar refractivity (Wildman–Crippen MR) is 85.6 cm³/mol. The first-order chi connectivity index (χ1) is 10.6. The molecule has 3 heteroatoms. The van der Waals surface area contributed by atoms with E-state index in [9.17, 15) is 0 Å². The number of ether oxygens (including phenoxy) is 3. The average molecular weight is 298 g/mol. The molecule has 0 atom stereocenters. The van der Waals surface area contributed by atoms with E-state index in [-0.39, 0.29) is 11.7 Å². The quantitative estimate of drug-likeness (QED) is 0.840. The Kier molecular flexibility index (Phi) is 4.46. The third-order valence-electron chi connectivity index (χ3n) is 3.65. The highest BCUT2D eigenvalue weighted by Crippen LogP contribution is 2.31. The van der Waals surface area contributed by atoms with Crippen molar-refractivity contribution in [1.29, 1.82) is 0 Å². The molecule has 0 radical (unpaired) electrons. The van der Waals surface area contributed by atoms with Crippen LogP contribution in [0, 0.1) is 5.41 Å². The molecule has 0 bridgehead atoms. The molecule has 1 fully saturated rings. The normalized spacial score (nSPS) is 18.1. The van der Waals surface area contributed by atoms with E-state index in [1.54, 1.807) is 0 Å². The molecule has 1 heterocycles. The molecule has 0 N–H and O–H groups in total. The lowest BCUT2D eigenvalue weighted by atomic mass is 9.95. The maximum atomic E-state index is 5.79. The fourth-order valence-electron chi connectivity index (χ4n) is 2.35. The van der Waals surface area contributed by atoms with Crippen LogP contribution in [0.5, 0.6) is 5.75 Å². The highest BCUT2D eigenvalue weighted by Gasteiger charge is 2.29. The molecule has 0 aliphatic carbocycles. The third-order valence-corrected chi connectivity index (χ3v) is 3.65. The molecule has 0 aromatic heterocycles. The summed E-state index contributed by atoms with van der Waals surface area (Å²) in [6.45, 7) is 6.28. The Bertz CT molecular complexity index is 580. The van der Waals surface area contributed by atoms with Crippen molar-refractivity contribution in [2.45, 2.75) is 26.7 Å². The van der Waals surface area contributed by atoms with Crippen LogP contribution in [-0.4, -0.2) is 13.2 Å². The summed E-state index contributed by atoms with van der Waals surface area (Å²) in [5.41, 5.74) is 2.28. The van der Waals surface area contributed by atoms with Crippen molar-refractivity contribution < 1.29 is 14.2 Å². The minimum Gasteiger partial charge on any atom is -0.489 e. The second-order valence-corrected chi connectivity index (χ2v) is 6.46. The van der Waals surface area contributed by atoms with Crippen LogP contribution in [0.2, 0.25) is 0 Å². The molecule has 116 valence electrons. The zero-order chi connectivity index (χ0) is 15.4. The zero-order valence-corrected chi connectivity index (χ0v) is 13.1. The fraction of sp³-hybridized carbons (Fsp3) is 0.368. The van der Waals surface area contributed by atoms with Crippen LogP contribution in [0.25, 0.3) is 0 Å². The highest BCUT2D eigenvalue weighted by atomic mass is 16.7. The first-order valence-corrected chi connectivity index (χ1v) is 7.62. The van der Waals surface area contributed by atoms with Gasteiger partial charge in [0.25, 0.3) is 0 Å². The van der Waals surface area contributed by atoms with E-state index >= 15 is 0 Å². The number of rotatable bonds is 4. The Morgan fingerprint density at radius 1 is 0.955 bits per heavy atom.